The highest BCUT2D eigenvalue weighted by atomic mass is 19.4. The van der Waals surface area contributed by atoms with E-state index in [9.17, 15) is 23.1 Å². The molecular weight excluding hydrogens is 213 g/mol. The van der Waals surface area contributed by atoms with E-state index in [0.29, 0.717) is 18.9 Å². The number of hydrogen-bond donors (Lipinski definition) is 0. The summed E-state index contributed by atoms with van der Waals surface area (Å²) in [5, 5.41) is 13.8. The summed E-state index contributed by atoms with van der Waals surface area (Å²) in [7, 11) is 0. The van der Waals surface area contributed by atoms with E-state index in [2.05, 4.69) is 5.10 Å². The van der Waals surface area contributed by atoms with Gasteiger partial charge in [0.15, 0.2) is 0 Å². The van der Waals surface area contributed by atoms with Crippen molar-refractivity contribution in [3.05, 3.63) is 17.5 Å². The maximum atomic E-state index is 12.4. The number of nitrogens with zero attached hydrogens (tertiary/aromatic N) is 2. The Kier molecular flexibility index (Phi) is 1.99. The number of aromatic nitrogens is 2. The Morgan fingerprint density at radius 3 is 2.53 bits per heavy atom. The standard InChI is InChI=1S/C8H7F3N2O2/c9-8(10,11)6-3-5(7(14)15)12-13(6)4-1-2-4/h3-4H,1-2H2,(H,14,15)/p-1. The molecule has 1 aliphatic rings. The van der Waals surface area contributed by atoms with Crippen LogP contribution >= 0.6 is 0 Å². The van der Waals surface area contributed by atoms with Crippen molar-refractivity contribution in [1.29, 1.82) is 0 Å². The van der Waals surface area contributed by atoms with Crippen molar-refractivity contribution in [3.8, 4) is 0 Å². The highest BCUT2D eigenvalue weighted by molar-refractivity contribution is 5.83. The summed E-state index contributed by atoms with van der Waals surface area (Å²) in [6.45, 7) is 0. The number of hydrogen-bond acceptors (Lipinski definition) is 3. The first-order chi connectivity index (χ1) is 6.89. The normalized spacial score (nSPS) is 16.7. The van der Waals surface area contributed by atoms with Gasteiger partial charge < -0.3 is 9.90 Å². The summed E-state index contributed by atoms with van der Waals surface area (Å²) in [6.07, 6.45) is -3.39. The Morgan fingerprint density at radius 1 is 1.53 bits per heavy atom. The molecule has 1 aromatic rings. The minimum absolute atomic E-state index is 0.324. The first-order valence-corrected chi connectivity index (χ1v) is 4.27. The second-order valence-electron chi connectivity index (χ2n) is 3.38. The zero-order valence-corrected chi connectivity index (χ0v) is 7.41. The number of carbonyl (C=O) groups excluding carboxylic acids is 1. The number of aromatic carboxylic acids is 1. The third-order valence-electron chi connectivity index (χ3n) is 2.13. The van der Waals surface area contributed by atoms with Crippen LogP contribution in [0.2, 0.25) is 0 Å². The monoisotopic (exact) mass is 219 g/mol. The van der Waals surface area contributed by atoms with Gasteiger partial charge in [0.2, 0.25) is 0 Å². The molecule has 7 heteroatoms. The van der Waals surface area contributed by atoms with Crippen LogP contribution in [-0.4, -0.2) is 15.7 Å². The quantitative estimate of drug-likeness (QED) is 0.731. The smallest absolute Gasteiger partial charge is 0.433 e. The van der Waals surface area contributed by atoms with Crippen molar-refractivity contribution in [1.82, 2.24) is 9.78 Å². The van der Waals surface area contributed by atoms with Crippen LogP contribution in [0.3, 0.4) is 0 Å². The SMILES string of the molecule is O=C([O-])c1cc(C(F)(F)F)n(C2CC2)n1. The second-order valence-corrected chi connectivity index (χ2v) is 3.38. The molecule has 0 radical (unpaired) electrons. The Labute approximate surface area is 82.3 Å². The van der Waals surface area contributed by atoms with Crippen molar-refractivity contribution in [2.24, 2.45) is 0 Å². The summed E-state index contributed by atoms with van der Waals surface area (Å²) >= 11 is 0. The molecule has 0 saturated heterocycles. The molecule has 0 unspecified atom stereocenters. The van der Waals surface area contributed by atoms with Gasteiger partial charge in [-0.05, 0) is 18.9 Å². The Hall–Kier alpha value is -1.53. The molecule has 2 rings (SSSR count). The fourth-order valence-corrected chi connectivity index (χ4v) is 1.30. The van der Waals surface area contributed by atoms with Crippen molar-refractivity contribution >= 4 is 5.97 Å². The highest BCUT2D eigenvalue weighted by Crippen LogP contribution is 2.40. The predicted octanol–water partition coefficient (Wildman–Crippen LogP) is 0.600. The number of carboxylic acids is 1. The lowest BCUT2D eigenvalue weighted by Crippen LogP contribution is -2.23. The highest BCUT2D eigenvalue weighted by Gasteiger charge is 2.40. The van der Waals surface area contributed by atoms with Crippen LogP contribution in [-0.2, 0) is 6.18 Å². The van der Waals surface area contributed by atoms with Crippen molar-refractivity contribution in [2.45, 2.75) is 25.1 Å². The molecule has 0 aromatic carbocycles. The van der Waals surface area contributed by atoms with Gasteiger partial charge in [0.1, 0.15) is 11.4 Å². The topological polar surface area (TPSA) is 57.9 Å². The van der Waals surface area contributed by atoms with Gasteiger partial charge in [0.25, 0.3) is 0 Å². The van der Waals surface area contributed by atoms with Gasteiger partial charge in [0, 0.05) is 0 Å². The van der Waals surface area contributed by atoms with E-state index in [-0.39, 0.29) is 6.04 Å². The average molecular weight is 219 g/mol. The van der Waals surface area contributed by atoms with Crippen LogP contribution in [0.5, 0.6) is 0 Å². The molecule has 1 heterocycles. The van der Waals surface area contributed by atoms with Gasteiger partial charge in [-0.1, -0.05) is 0 Å². The first-order valence-electron chi connectivity index (χ1n) is 4.27. The first kappa shape index (κ1) is 10.0. The fraction of sp³-hybridized carbons (Fsp3) is 0.500. The van der Waals surface area contributed by atoms with Gasteiger partial charge in [-0.15, -0.1) is 0 Å². The number of carbonyl (C=O) groups is 1. The predicted molar refractivity (Wildman–Crippen MR) is 39.8 cm³/mol. The molecule has 0 amide bonds. The second kappa shape index (κ2) is 2.98. The third-order valence-corrected chi connectivity index (χ3v) is 2.13. The maximum absolute atomic E-state index is 12.4. The van der Waals surface area contributed by atoms with E-state index >= 15 is 0 Å². The van der Waals surface area contributed by atoms with Crippen LogP contribution < -0.4 is 5.11 Å². The molecule has 0 aliphatic heterocycles. The molecule has 15 heavy (non-hydrogen) atoms. The van der Waals surface area contributed by atoms with E-state index in [1.165, 1.54) is 0 Å². The molecule has 1 saturated carbocycles. The van der Waals surface area contributed by atoms with Gasteiger partial charge in [0.05, 0.1) is 12.0 Å². The third kappa shape index (κ3) is 1.81. The molecule has 4 nitrogen and oxygen atoms in total. The number of alkyl halides is 3. The van der Waals surface area contributed by atoms with Crippen LogP contribution in [0, 0.1) is 0 Å². The Bertz CT molecular complexity index is 407. The lowest BCUT2D eigenvalue weighted by atomic mass is 10.3. The molecule has 1 aliphatic carbocycles. The van der Waals surface area contributed by atoms with Gasteiger partial charge >= 0.3 is 6.18 Å². The minimum atomic E-state index is -4.58. The summed E-state index contributed by atoms with van der Waals surface area (Å²) in [5.41, 5.74) is -1.70. The lowest BCUT2D eigenvalue weighted by molar-refractivity contribution is -0.255. The summed E-state index contributed by atoms with van der Waals surface area (Å²) in [6, 6.07) is 0.183. The fourth-order valence-electron chi connectivity index (χ4n) is 1.30. The minimum Gasteiger partial charge on any atom is -0.543 e. The zero-order chi connectivity index (χ0) is 11.2. The average Bonchev–Trinajstić information content (AvgIpc) is 2.81. The molecule has 1 fully saturated rings. The van der Waals surface area contributed by atoms with Gasteiger partial charge in [-0.2, -0.15) is 18.3 Å². The lowest BCUT2D eigenvalue weighted by Gasteiger charge is -2.08. The number of carboxylic acid groups (broad SMARTS) is 1. The number of rotatable bonds is 2. The van der Waals surface area contributed by atoms with E-state index in [0.717, 1.165) is 4.68 Å². The maximum Gasteiger partial charge on any atom is 0.433 e. The Balaban J connectivity index is 2.46. The molecule has 0 atom stereocenters. The molecule has 1 aromatic heterocycles. The van der Waals surface area contributed by atoms with Gasteiger partial charge in [-0.25, -0.2) is 0 Å². The van der Waals surface area contributed by atoms with E-state index in [1.54, 1.807) is 0 Å². The Morgan fingerprint density at radius 2 is 2.13 bits per heavy atom. The van der Waals surface area contributed by atoms with Crippen molar-refractivity contribution in [3.63, 3.8) is 0 Å². The molecule has 82 valence electrons. The van der Waals surface area contributed by atoms with E-state index in [1.807, 2.05) is 0 Å². The number of halogens is 3. The molecule has 0 bridgehead atoms. The van der Waals surface area contributed by atoms with E-state index < -0.39 is 23.5 Å². The molecular formula is C8H6F3N2O2-. The van der Waals surface area contributed by atoms with Crippen molar-refractivity contribution < 1.29 is 23.1 Å². The zero-order valence-electron chi connectivity index (χ0n) is 7.41. The van der Waals surface area contributed by atoms with Crippen LogP contribution in [0.25, 0.3) is 0 Å². The summed E-state index contributed by atoms with van der Waals surface area (Å²) in [4.78, 5) is 10.4. The van der Waals surface area contributed by atoms with Gasteiger partial charge in [-0.3, -0.25) is 4.68 Å². The summed E-state index contributed by atoms with van der Waals surface area (Å²) < 4.78 is 38.0. The van der Waals surface area contributed by atoms with Crippen LogP contribution in [0.4, 0.5) is 13.2 Å². The molecule has 0 spiro atoms. The van der Waals surface area contributed by atoms with Crippen molar-refractivity contribution in [2.75, 3.05) is 0 Å². The van der Waals surface area contributed by atoms with Crippen LogP contribution in [0.1, 0.15) is 35.1 Å². The van der Waals surface area contributed by atoms with E-state index in [4.69, 9.17) is 0 Å². The summed E-state index contributed by atoms with van der Waals surface area (Å²) in [5.74, 6) is -1.69. The largest absolute Gasteiger partial charge is 0.543 e. The molecule has 0 N–H and O–H groups in total. The van der Waals surface area contributed by atoms with Crippen LogP contribution in [0.15, 0.2) is 6.07 Å².